The van der Waals surface area contributed by atoms with Crippen molar-refractivity contribution in [1.82, 2.24) is 0 Å². The Morgan fingerprint density at radius 2 is 2.13 bits per heavy atom. The van der Waals surface area contributed by atoms with Crippen LogP contribution in [0.3, 0.4) is 0 Å². The molecule has 2 nitrogen and oxygen atoms in total. The molecule has 0 aliphatic rings. The fourth-order valence-electron chi connectivity index (χ4n) is 1.50. The van der Waals surface area contributed by atoms with E-state index in [0.717, 1.165) is 22.2 Å². The summed E-state index contributed by atoms with van der Waals surface area (Å²) in [6.45, 7) is 0. The Morgan fingerprint density at radius 3 is 2.80 bits per heavy atom. The van der Waals surface area contributed by atoms with Gasteiger partial charge in [0.25, 0.3) is 0 Å². The number of nitrogens with two attached hydrogens (primary N) is 1. The molecule has 0 fully saturated rings. The first-order chi connectivity index (χ1) is 7.25. The standard InChI is InChI=1S/C12H12BrNO/c13-10-4-1-3-9(7-10)12(14)8-11-5-2-6-15-11/h1-7,12H,8,14H2. The molecule has 0 bridgehead atoms. The lowest BCUT2D eigenvalue weighted by molar-refractivity contribution is 0.488. The summed E-state index contributed by atoms with van der Waals surface area (Å²) in [5.74, 6) is 0.919. The fourth-order valence-corrected chi connectivity index (χ4v) is 1.92. The average molecular weight is 266 g/mol. The Bertz CT molecular complexity index is 425. The Balaban J connectivity index is 2.11. The van der Waals surface area contributed by atoms with E-state index in [1.54, 1.807) is 6.26 Å². The van der Waals surface area contributed by atoms with Crippen molar-refractivity contribution >= 4 is 15.9 Å². The smallest absolute Gasteiger partial charge is 0.105 e. The Hall–Kier alpha value is -1.06. The first-order valence-corrected chi connectivity index (χ1v) is 5.58. The van der Waals surface area contributed by atoms with Crippen LogP contribution in [0, 0.1) is 0 Å². The van der Waals surface area contributed by atoms with E-state index >= 15 is 0 Å². The van der Waals surface area contributed by atoms with Gasteiger partial charge in [0.2, 0.25) is 0 Å². The van der Waals surface area contributed by atoms with E-state index in [1.807, 2.05) is 36.4 Å². The van der Waals surface area contributed by atoms with Crippen LogP contribution in [0.15, 0.2) is 51.6 Å². The number of halogens is 1. The summed E-state index contributed by atoms with van der Waals surface area (Å²) in [7, 11) is 0. The molecule has 0 radical (unpaired) electrons. The van der Waals surface area contributed by atoms with Crippen LogP contribution in [0.25, 0.3) is 0 Å². The predicted molar refractivity (Wildman–Crippen MR) is 63.5 cm³/mol. The molecule has 2 N–H and O–H groups in total. The summed E-state index contributed by atoms with van der Waals surface area (Å²) in [5, 5.41) is 0. The molecule has 1 unspecified atom stereocenters. The molecule has 0 spiro atoms. The summed E-state index contributed by atoms with van der Waals surface area (Å²) in [6, 6.07) is 11.8. The van der Waals surface area contributed by atoms with E-state index in [1.165, 1.54) is 0 Å². The second-order valence-corrected chi connectivity index (χ2v) is 4.36. The molecular weight excluding hydrogens is 254 g/mol. The first kappa shape index (κ1) is 10.5. The molecule has 1 atom stereocenters. The van der Waals surface area contributed by atoms with Crippen LogP contribution in [0.5, 0.6) is 0 Å². The lowest BCUT2D eigenvalue weighted by Gasteiger charge is -2.10. The van der Waals surface area contributed by atoms with Crippen molar-refractivity contribution in [3.8, 4) is 0 Å². The first-order valence-electron chi connectivity index (χ1n) is 4.79. The lowest BCUT2D eigenvalue weighted by atomic mass is 10.0. The van der Waals surface area contributed by atoms with Gasteiger partial charge in [-0.1, -0.05) is 28.1 Å². The maximum Gasteiger partial charge on any atom is 0.105 e. The minimum atomic E-state index is -0.0198. The molecule has 0 saturated carbocycles. The molecule has 0 amide bonds. The average Bonchev–Trinajstić information content (AvgIpc) is 2.70. The van der Waals surface area contributed by atoms with Gasteiger partial charge >= 0.3 is 0 Å². The zero-order chi connectivity index (χ0) is 10.7. The van der Waals surface area contributed by atoms with Crippen LogP contribution in [0.2, 0.25) is 0 Å². The minimum Gasteiger partial charge on any atom is -0.469 e. The molecule has 0 aliphatic heterocycles. The molecule has 0 aliphatic carbocycles. The Kier molecular flexibility index (Phi) is 3.23. The number of benzene rings is 1. The predicted octanol–water partition coefficient (Wildman–Crippen LogP) is 3.28. The van der Waals surface area contributed by atoms with Crippen molar-refractivity contribution < 1.29 is 4.42 Å². The summed E-state index contributed by atoms with van der Waals surface area (Å²) < 4.78 is 6.31. The van der Waals surface area contributed by atoms with Crippen LogP contribution in [0.4, 0.5) is 0 Å². The topological polar surface area (TPSA) is 39.2 Å². The van der Waals surface area contributed by atoms with Gasteiger partial charge in [-0.25, -0.2) is 0 Å². The van der Waals surface area contributed by atoms with Crippen molar-refractivity contribution in [2.45, 2.75) is 12.5 Å². The van der Waals surface area contributed by atoms with Crippen molar-refractivity contribution in [1.29, 1.82) is 0 Å². The molecular formula is C12H12BrNO. The number of furan rings is 1. The maximum absolute atomic E-state index is 6.07. The van der Waals surface area contributed by atoms with Crippen molar-refractivity contribution in [2.24, 2.45) is 5.73 Å². The van der Waals surface area contributed by atoms with E-state index < -0.39 is 0 Å². The minimum absolute atomic E-state index is 0.0198. The third-order valence-corrected chi connectivity index (χ3v) is 2.77. The van der Waals surface area contributed by atoms with E-state index in [2.05, 4.69) is 15.9 Å². The quantitative estimate of drug-likeness (QED) is 0.925. The molecule has 2 rings (SSSR count). The largest absolute Gasteiger partial charge is 0.469 e. The van der Waals surface area contributed by atoms with Crippen molar-refractivity contribution in [2.75, 3.05) is 0 Å². The van der Waals surface area contributed by atoms with E-state index in [9.17, 15) is 0 Å². The van der Waals surface area contributed by atoms with Gasteiger partial charge in [-0.2, -0.15) is 0 Å². The van der Waals surface area contributed by atoms with Crippen LogP contribution >= 0.6 is 15.9 Å². The molecule has 1 aromatic heterocycles. The molecule has 0 saturated heterocycles. The monoisotopic (exact) mass is 265 g/mol. The van der Waals surface area contributed by atoms with E-state index in [4.69, 9.17) is 10.2 Å². The summed E-state index contributed by atoms with van der Waals surface area (Å²) in [6.07, 6.45) is 2.40. The third-order valence-electron chi connectivity index (χ3n) is 2.28. The van der Waals surface area contributed by atoms with Crippen molar-refractivity contribution in [3.05, 3.63) is 58.5 Å². The van der Waals surface area contributed by atoms with Gasteiger partial charge in [0.15, 0.2) is 0 Å². The van der Waals surface area contributed by atoms with Gasteiger partial charge in [0, 0.05) is 16.9 Å². The molecule has 2 aromatic rings. The highest BCUT2D eigenvalue weighted by atomic mass is 79.9. The van der Waals surface area contributed by atoms with Crippen molar-refractivity contribution in [3.63, 3.8) is 0 Å². The van der Waals surface area contributed by atoms with Crippen LogP contribution in [-0.2, 0) is 6.42 Å². The van der Waals surface area contributed by atoms with Gasteiger partial charge in [0.05, 0.1) is 6.26 Å². The van der Waals surface area contributed by atoms with Gasteiger partial charge in [-0.05, 0) is 29.8 Å². The lowest BCUT2D eigenvalue weighted by Crippen LogP contribution is -2.12. The molecule has 78 valence electrons. The molecule has 3 heteroatoms. The highest BCUT2D eigenvalue weighted by Crippen LogP contribution is 2.19. The molecule has 15 heavy (non-hydrogen) atoms. The van der Waals surface area contributed by atoms with Crippen LogP contribution < -0.4 is 5.73 Å². The van der Waals surface area contributed by atoms with E-state index in [-0.39, 0.29) is 6.04 Å². The second-order valence-electron chi connectivity index (χ2n) is 3.44. The highest BCUT2D eigenvalue weighted by Gasteiger charge is 2.08. The highest BCUT2D eigenvalue weighted by molar-refractivity contribution is 9.10. The molecule has 1 heterocycles. The Labute approximate surface area is 97.2 Å². The van der Waals surface area contributed by atoms with Gasteiger partial charge in [0.1, 0.15) is 5.76 Å². The second kappa shape index (κ2) is 4.64. The zero-order valence-corrected chi connectivity index (χ0v) is 9.78. The zero-order valence-electron chi connectivity index (χ0n) is 8.19. The normalized spacial score (nSPS) is 12.7. The number of hydrogen-bond acceptors (Lipinski definition) is 2. The van der Waals surface area contributed by atoms with Gasteiger partial charge in [-0.15, -0.1) is 0 Å². The van der Waals surface area contributed by atoms with Gasteiger partial charge < -0.3 is 10.2 Å². The summed E-state index contributed by atoms with van der Waals surface area (Å²) in [4.78, 5) is 0. The third kappa shape index (κ3) is 2.70. The van der Waals surface area contributed by atoms with Crippen LogP contribution in [0.1, 0.15) is 17.4 Å². The number of hydrogen-bond donors (Lipinski definition) is 1. The fraction of sp³-hybridized carbons (Fsp3) is 0.167. The summed E-state index contributed by atoms with van der Waals surface area (Å²) >= 11 is 3.43. The van der Waals surface area contributed by atoms with E-state index in [0.29, 0.717) is 0 Å². The van der Waals surface area contributed by atoms with Gasteiger partial charge in [-0.3, -0.25) is 0 Å². The molecule has 1 aromatic carbocycles. The van der Waals surface area contributed by atoms with Crippen LogP contribution in [-0.4, -0.2) is 0 Å². The maximum atomic E-state index is 6.07. The SMILES string of the molecule is NC(Cc1ccco1)c1cccc(Br)c1. The number of rotatable bonds is 3. The Morgan fingerprint density at radius 1 is 1.27 bits per heavy atom. The summed E-state index contributed by atoms with van der Waals surface area (Å²) in [5.41, 5.74) is 7.19.